The van der Waals surface area contributed by atoms with Gasteiger partial charge in [0.2, 0.25) is 0 Å². The zero-order chi connectivity index (χ0) is 18.7. The molecule has 3 aromatic rings. The number of carbonyl (C=O) groups excluding carboxylic acids is 1. The molecule has 1 amide bonds. The Labute approximate surface area is 156 Å². The van der Waals surface area contributed by atoms with E-state index in [1.807, 2.05) is 24.4 Å². The highest BCUT2D eigenvalue weighted by molar-refractivity contribution is 6.34. The molecule has 0 spiro atoms. The van der Waals surface area contributed by atoms with E-state index < -0.39 is 5.82 Å². The third kappa shape index (κ3) is 4.11. The maximum Gasteiger partial charge on any atom is 0.257 e. The van der Waals surface area contributed by atoms with Crippen molar-refractivity contribution in [2.45, 2.75) is 26.3 Å². The maximum atomic E-state index is 13.1. The first kappa shape index (κ1) is 18.1. The summed E-state index contributed by atoms with van der Waals surface area (Å²) in [7, 11) is 0. The predicted molar refractivity (Wildman–Crippen MR) is 101 cm³/mol. The molecule has 0 radical (unpaired) electrons. The molecule has 6 heteroatoms. The first-order valence-corrected chi connectivity index (χ1v) is 8.68. The zero-order valence-corrected chi connectivity index (χ0v) is 15.3. The van der Waals surface area contributed by atoms with Crippen LogP contribution in [-0.4, -0.2) is 15.5 Å². The van der Waals surface area contributed by atoms with Gasteiger partial charge in [-0.2, -0.15) is 0 Å². The van der Waals surface area contributed by atoms with Crippen molar-refractivity contribution in [1.82, 2.24) is 9.55 Å². The molecule has 134 valence electrons. The minimum absolute atomic E-state index is 0.0821. The first-order valence-electron chi connectivity index (χ1n) is 8.30. The number of nitrogens with zero attached hydrogens (tertiary/aromatic N) is 2. The van der Waals surface area contributed by atoms with Crippen molar-refractivity contribution in [3.05, 3.63) is 82.6 Å². The Balaban J connectivity index is 1.77. The van der Waals surface area contributed by atoms with Gasteiger partial charge in [0.1, 0.15) is 11.6 Å². The molecule has 0 atom stereocenters. The van der Waals surface area contributed by atoms with Crippen LogP contribution >= 0.6 is 11.6 Å². The fourth-order valence-corrected chi connectivity index (χ4v) is 3.02. The smallest absolute Gasteiger partial charge is 0.257 e. The molecule has 3 rings (SSSR count). The lowest BCUT2D eigenvalue weighted by Crippen LogP contribution is -2.13. The molecule has 26 heavy (non-hydrogen) atoms. The Hall–Kier alpha value is -2.66. The van der Waals surface area contributed by atoms with E-state index in [0.717, 1.165) is 17.5 Å². The number of halogens is 2. The van der Waals surface area contributed by atoms with Crippen molar-refractivity contribution in [1.29, 1.82) is 0 Å². The number of benzene rings is 2. The molecular weight excluding hydrogens is 353 g/mol. The largest absolute Gasteiger partial charge is 0.330 e. The van der Waals surface area contributed by atoms with E-state index in [-0.39, 0.29) is 16.5 Å². The van der Waals surface area contributed by atoms with Gasteiger partial charge in [-0.1, -0.05) is 37.6 Å². The van der Waals surface area contributed by atoms with Gasteiger partial charge in [0.25, 0.3) is 5.91 Å². The molecule has 2 aromatic carbocycles. The van der Waals surface area contributed by atoms with Crippen LogP contribution in [0.15, 0.2) is 54.9 Å². The van der Waals surface area contributed by atoms with Crippen molar-refractivity contribution in [3.63, 3.8) is 0 Å². The highest BCUT2D eigenvalue weighted by Crippen LogP contribution is 2.20. The van der Waals surface area contributed by atoms with Crippen molar-refractivity contribution >= 4 is 23.2 Å². The van der Waals surface area contributed by atoms with E-state index in [2.05, 4.69) is 28.7 Å². The Morgan fingerprint density at radius 3 is 2.81 bits per heavy atom. The standard InChI is InChI=1S/C20H19ClFN3O/c1-13(2)19-23-8-9-25(19)12-14-4-3-5-16(10-14)24-20(26)17-7-6-15(22)11-18(17)21/h3-11,13H,12H2,1-2H3,(H,24,26). The summed E-state index contributed by atoms with van der Waals surface area (Å²) in [5.74, 6) is 0.485. The Kier molecular flexibility index (Phi) is 5.38. The lowest BCUT2D eigenvalue weighted by atomic mass is 10.1. The van der Waals surface area contributed by atoms with Crippen molar-refractivity contribution < 1.29 is 9.18 Å². The molecule has 0 aliphatic carbocycles. The summed E-state index contributed by atoms with van der Waals surface area (Å²) in [6.45, 7) is 4.86. The molecule has 0 aliphatic rings. The van der Waals surface area contributed by atoms with E-state index in [9.17, 15) is 9.18 Å². The third-order valence-corrected chi connectivity index (χ3v) is 4.29. The van der Waals surface area contributed by atoms with E-state index in [1.165, 1.54) is 12.1 Å². The van der Waals surface area contributed by atoms with Gasteiger partial charge in [0, 0.05) is 30.5 Å². The van der Waals surface area contributed by atoms with Gasteiger partial charge >= 0.3 is 0 Å². The van der Waals surface area contributed by atoms with Gasteiger partial charge in [-0.25, -0.2) is 9.37 Å². The van der Waals surface area contributed by atoms with Gasteiger partial charge < -0.3 is 9.88 Å². The second-order valence-corrected chi connectivity index (χ2v) is 6.75. The fourth-order valence-electron chi connectivity index (χ4n) is 2.77. The van der Waals surface area contributed by atoms with Gasteiger partial charge in [-0.15, -0.1) is 0 Å². The molecule has 0 saturated carbocycles. The molecule has 1 aromatic heterocycles. The number of anilines is 1. The quantitative estimate of drug-likeness (QED) is 0.678. The van der Waals surface area contributed by atoms with E-state index >= 15 is 0 Å². The van der Waals surface area contributed by atoms with Crippen molar-refractivity contribution in [3.8, 4) is 0 Å². The van der Waals surface area contributed by atoms with E-state index in [1.54, 1.807) is 12.3 Å². The van der Waals surface area contributed by atoms with Gasteiger partial charge in [0.15, 0.2) is 0 Å². The molecule has 0 aliphatic heterocycles. The summed E-state index contributed by atoms with van der Waals surface area (Å²) in [5, 5.41) is 2.89. The Morgan fingerprint density at radius 2 is 2.08 bits per heavy atom. The summed E-state index contributed by atoms with van der Waals surface area (Å²) in [5.41, 5.74) is 1.92. The predicted octanol–water partition coefficient (Wildman–Crippen LogP) is 5.10. The number of amides is 1. The zero-order valence-electron chi connectivity index (χ0n) is 14.5. The number of hydrogen-bond acceptors (Lipinski definition) is 2. The van der Waals surface area contributed by atoms with Crippen LogP contribution in [0.3, 0.4) is 0 Å². The molecule has 1 N–H and O–H groups in total. The lowest BCUT2D eigenvalue weighted by molar-refractivity contribution is 0.102. The van der Waals surface area contributed by atoms with Crippen LogP contribution in [0.1, 0.15) is 41.5 Å². The molecule has 1 heterocycles. The van der Waals surface area contributed by atoms with Crippen LogP contribution in [0.5, 0.6) is 0 Å². The SMILES string of the molecule is CC(C)c1nccn1Cc1cccc(NC(=O)c2ccc(F)cc2Cl)c1. The summed E-state index contributed by atoms with van der Waals surface area (Å²) >= 11 is 5.95. The average Bonchev–Trinajstić information content (AvgIpc) is 3.03. The monoisotopic (exact) mass is 371 g/mol. The van der Waals surface area contributed by atoms with Gasteiger partial charge in [0.05, 0.1) is 10.6 Å². The third-order valence-electron chi connectivity index (χ3n) is 3.98. The molecule has 0 saturated heterocycles. The molecule has 4 nitrogen and oxygen atoms in total. The normalized spacial score (nSPS) is 11.0. The summed E-state index contributed by atoms with van der Waals surface area (Å²) in [4.78, 5) is 16.8. The van der Waals surface area contributed by atoms with Crippen LogP contribution in [0.2, 0.25) is 5.02 Å². The average molecular weight is 372 g/mol. The number of hydrogen-bond donors (Lipinski definition) is 1. The number of carbonyl (C=O) groups is 1. The molecule has 0 unspecified atom stereocenters. The summed E-state index contributed by atoms with van der Waals surface area (Å²) in [6.07, 6.45) is 3.73. The first-order chi connectivity index (χ1) is 12.4. The van der Waals surface area contributed by atoms with Crippen LogP contribution in [-0.2, 0) is 6.54 Å². The van der Waals surface area contributed by atoms with Crippen molar-refractivity contribution in [2.24, 2.45) is 0 Å². The number of aromatic nitrogens is 2. The number of nitrogens with one attached hydrogen (secondary N) is 1. The highest BCUT2D eigenvalue weighted by atomic mass is 35.5. The van der Waals surface area contributed by atoms with Crippen molar-refractivity contribution in [2.75, 3.05) is 5.32 Å². The molecular formula is C20H19ClFN3O. The maximum absolute atomic E-state index is 13.1. The van der Waals surface area contributed by atoms with E-state index in [0.29, 0.717) is 18.2 Å². The minimum atomic E-state index is -0.477. The second kappa shape index (κ2) is 7.70. The number of imidazole rings is 1. The van der Waals surface area contributed by atoms with Crippen LogP contribution in [0.25, 0.3) is 0 Å². The molecule has 0 fully saturated rings. The Bertz CT molecular complexity index is 936. The minimum Gasteiger partial charge on any atom is -0.330 e. The van der Waals surface area contributed by atoms with Crippen LogP contribution < -0.4 is 5.32 Å². The topological polar surface area (TPSA) is 46.9 Å². The van der Waals surface area contributed by atoms with Crippen LogP contribution in [0.4, 0.5) is 10.1 Å². The summed E-state index contributed by atoms with van der Waals surface area (Å²) < 4.78 is 15.2. The lowest BCUT2D eigenvalue weighted by Gasteiger charge is -2.12. The highest BCUT2D eigenvalue weighted by Gasteiger charge is 2.12. The molecule has 0 bridgehead atoms. The van der Waals surface area contributed by atoms with E-state index in [4.69, 9.17) is 11.6 Å². The fraction of sp³-hybridized carbons (Fsp3) is 0.200. The Morgan fingerprint density at radius 1 is 1.27 bits per heavy atom. The number of rotatable bonds is 5. The van der Waals surface area contributed by atoms with Gasteiger partial charge in [-0.3, -0.25) is 4.79 Å². The second-order valence-electron chi connectivity index (χ2n) is 6.35. The van der Waals surface area contributed by atoms with Crippen LogP contribution in [0, 0.1) is 5.82 Å². The summed E-state index contributed by atoms with van der Waals surface area (Å²) in [6, 6.07) is 11.3. The van der Waals surface area contributed by atoms with Gasteiger partial charge in [-0.05, 0) is 35.9 Å².